The zero-order valence-electron chi connectivity index (χ0n) is 11.8. The molecule has 1 aromatic heterocycles. The second kappa shape index (κ2) is 7.38. The van der Waals surface area contributed by atoms with Crippen molar-refractivity contribution < 1.29 is 13.9 Å². The monoisotopic (exact) mass is 288 g/mol. The van der Waals surface area contributed by atoms with Crippen molar-refractivity contribution in [1.29, 1.82) is 0 Å². The summed E-state index contributed by atoms with van der Waals surface area (Å²) >= 11 is 0. The Kier molecular flexibility index (Phi) is 5.26. The second-order valence-electron chi connectivity index (χ2n) is 4.65. The van der Waals surface area contributed by atoms with Gasteiger partial charge in [0, 0.05) is 12.6 Å². The van der Waals surface area contributed by atoms with Crippen molar-refractivity contribution in [2.75, 3.05) is 11.9 Å². The number of para-hydroxylation sites is 1. The van der Waals surface area contributed by atoms with E-state index in [1.165, 1.54) is 6.07 Å². The molecule has 0 unspecified atom stereocenters. The minimum Gasteiger partial charge on any atom is -0.491 e. The Labute approximate surface area is 123 Å². The van der Waals surface area contributed by atoms with Crippen molar-refractivity contribution in [1.82, 2.24) is 4.98 Å². The first-order chi connectivity index (χ1) is 10.1. The molecule has 1 N–H and O–H groups in total. The van der Waals surface area contributed by atoms with Crippen LogP contribution in [0.2, 0.25) is 0 Å². The molecule has 0 spiro atoms. The number of amides is 1. The number of anilines is 1. The van der Waals surface area contributed by atoms with Gasteiger partial charge in [0.1, 0.15) is 5.82 Å². The molecule has 0 aliphatic carbocycles. The highest BCUT2D eigenvalue weighted by atomic mass is 19.1. The number of rotatable bonds is 6. The van der Waals surface area contributed by atoms with Crippen LogP contribution >= 0.6 is 0 Å². The first kappa shape index (κ1) is 15.0. The van der Waals surface area contributed by atoms with E-state index in [9.17, 15) is 9.18 Å². The van der Waals surface area contributed by atoms with Crippen LogP contribution in [0.15, 0.2) is 42.6 Å². The number of benzene rings is 1. The smallest absolute Gasteiger partial charge is 0.225 e. The average Bonchev–Trinajstić information content (AvgIpc) is 2.48. The molecule has 2 rings (SSSR count). The van der Waals surface area contributed by atoms with Crippen LogP contribution in [0.25, 0.3) is 0 Å². The molecule has 0 saturated heterocycles. The first-order valence-corrected chi connectivity index (χ1v) is 6.75. The van der Waals surface area contributed by atoms with Crippen LogP contribution in [0.3, 0.4) is 0 Å². The fourth-order valence-electron chi connectivity index (χ4n) is 1.72. The van der Waals surface area contributed by atoms with Crippen molar-refractivity contribution >= 4 is 11.7 Å². The summed E-state index contributed by atoms with van der Waals surface area (Å²) in [6.07, 6.45) is 2.49. The molecule has 0 aliphatic rings. The Hall–Kier alpha value is -2.43. The molecule has 0 bridgehead atoms. The lowest BCUT2D eigenvalue weighted by molar-refractivity contribution is -0.116. The van der Waals surface area contributed by atoms with Crippen molar-refractivity contribution in [3.8, 4) is 5.75 Å². The molecule has 2 aromatic rings. The van der Waals surface area contributed by atoms with Crippen LogP contribution in [0, 0.1) is 12.7 Å². The van der Waals surface area contributed by atoms with Gasteiger partial charge in [0.2, 0.25) is 5.91 Å². The van der Waals surface area contributed by atoms with E-state index in [1.54, 1.807) is 30.5 Å². The standard InChI is InChI=1S/C16H17FN2O2/c1-12-8-9-15(18-11-12)19-16(20)7-4-10-21-14-6-3-2-5-13(14)17/h2-3,5-6,8-9,11H,4,7,10H2,1H3,(H,18,19,20). The normalized spacial score (nSPS) is 10.2. The zero-order valence-corrected chi connectivity index (χ0v) is 11.8. The number of carbonyl (C=O) groups excluding carboxylic acids is 1. The summed E-state index contributed by atoms with van der Waals surface area (Å²) in [7, 11) is 0. The van der Waals surface area contributed by atoms with Gasteiger partial charge in [0.05, 0.1) is 6.61 Å². The fraction of sp³-hybridized carbons (Fsp3) is 0.250. The van der Waals surface area contributed by atoms with Gasteiger partial charge < -0.3 is 10.1 Å². The molecule has 21 heavy (non-hydrogen) atoms. The summed E-state index contributed by atoms with van der Waals surface area (Å²) in [5, 5.41) is 2.70. The van der Waals surface area contributed by atoms with Crippen LogP contribution in [-0.2, 0) is 4.79 Å². The van der Waals surface area contributed by atoms with E-state index in [-0.39, 0.29) is 18.3 Å². The third-order valence-electron chi connectivity index (χ3n) is 2.82. The number of carbonyl (C=O) groups is 1. The van der Waals surface area contributed by atoms with E-state index in [0.717, 1.165) is 5.56 Å². The van der Waals surface area contributed by atoms with Crippen LogP contribution in [0.4, 0.5) is 10.2 Å². The summed E-state index contributed by atoms with van der Waals surface area (Å²) < 4.78 is 18.6. The Morgan fingerprint density at radius 3 is 2.81 bits per heavy atom. The quantitative estimate of drug-likeness (QED) is 0.829. The Bertz CT molecular complexity index is 599. The number of aryl methyl sites for hydroxylation is 1. The van der Waals surface area contributed by atoms with Crippen molar-refractivity contribution in [2.24, 2.45) is 0 Å². The van der Waals surface area contributed by atoms with Crippen LogP contribution in [0.5, 0.6) is 5.75 Å². The molecule has 5 heteroatoms. The molecule has 1 amide bonds. The third kappa shape index (κ3) is 4.87. The predicted molar refractivity (Wildman–Crippen MR) is 78.7 cm³/mol. The molecule has 1 aromatic carbocycles. The molecule has 0 atom stereocenters. The summed E-state index contributed by atoms with van der Waals surface area (Å²) in [6.45, 7) is 2.22. The van der Waals surface area contributed by atoms with Gasteiger partial charge in [-0.25, -0.2) is 9.37 Å². The summed E-state index contributed by atoms with van der Waals surface area (Å²) in [5.41, 5.74) is 1.03. The summed E-state index contributed by atoms with van der Waals surface area (Å²) in [4.78, 5) is 15.8. The van der Waals surface area contributed by atoms with Gasteiger partial charge in [-0.15, -0.1) is 0 Å². The minimum absolute atomic E-state index is 0.136. The van der Waals surface area contributed by atoms with Gasteiger partial charge in [0.25, 0.3) is 0 Å². The number of ether oxygens (including phenoxy) is 1. The topological polar surface area (TPSA) is 51.2 Å². The van der Waals surface area contributed by atoms with Gasteiger partial charge >= 0.3 is 0 Å². The van der Waals surface area contributed by atoms with E-state index in [2.05, 4.69) is 10.3 Å². The molecule has 0 aliphatic heterocycles. The van der Waals surface area contributed by atoms with Gasteiger partial charge in [0.15, 0.2) is 11.6 Å². The highest BCUT2D eigenvalue weighted by Gasteiger charge is 2.05. The molecule has 1 heterocycles. The molecule has 4 nitrogen and oxygen atoms in total. The maximum atomic E-state index is 13.3. The van der Waals surface area contributed by atoms with E-state index in [1.807, 2.05) is 13.0 Å². The van der Waals surface area contributed by atoms with Crippen molar-refractivity contribution in [3.05, 3.63) is 54.0 Å². The van der Waals surface area contributed by atoms with Crippen molar-refractivity contribution in [2.45, 2.75) is 19.8 Å². The van der Waals surface area contributed by atoms with Crippen LogP contribution < -0.4 is 10.1 Å². The van der Waals surface area contributed by atoms with Gasteiger partial charge in [-0.1, -0.05) is 18.2 Å². The van der Waals surface area contributed by atoms with Crippen molar-refractivity contribution in [3.63, 3.8) is 0 Å². The van der Waals surface area contributed by atoms with E-state index in [0.29, 0.717) is 18.7 Å². The number of aromatic nitrogens is 1. The third-order valence-corrected chi connectivity index (χ3v) is 2.82. The summed E-state index contributed by atoms with van der Waals surface area (Å²) in [5.74, 6) is 0.202. The van der Waals surface area contributed by atoms with Crippen LogP contribution in [-0.4, -0.2) is 17.5 Å². The predicted octanol–water partition coefficient (Wildman–Crippen LogP) is 3.33. The Morgan fingerprint density at radius 1 is 1.29 bits per heavy atom. The molecule has 0 fully saturated rings. The lowest BCUT2D eigenvalue weighted by Gasteiger charge is -2.07. The highest BCUT2D eigenvalue weighted by Crippen LogP contribution is 2.15. The number of pyridine rings is 1. The fourth-order valence-corrected chi connectivity index (χ4v) is 1.72. The number of halogens is 1. The maximum Gasteiger partial charge on any atom is 0.225 e. The molecule has 0 saturated carbocycles. The second-order valence-corrected chi connectivity index (χ2v) is 4.65. The number of nitrogens with one attached hydrogen (secondary N) is 1. The van der Waals surface area contributed by atoms with Gasteiger partial charge in [-0.3, -0.25) is 4.79 Å². The largest absolute Gasteiger partial charge is 0.491 e. The number of hydrogen-bond acceptors (Lipinski definition) is 3. The molecule has 0 radical (unpaired) electrons. The Morgan fingerprint density at radius 2 is 2.10 bits per heavy atom. The minimum atomic E-state index is -0.397. The van der Waals surface area contributed by atoms with E-state index < -0.39 is 5.82 Å². The van der Waals surface area contributed by atoms with E-state index in [4.69, 9.17) is 4.74 Å². The van der Waals surface area contributed by atoms with Crippen LogP contribution in [0.1, 0.15) is 18.4 Å². The average molecular weight is 288 g/mol. The molecular formula is C16H17FN2O2. The molecule has 110 valence electrons. The Balaban J connectivity index is 1.70. The summed E-state index contributed by atoms with van der Waals surface area (Å²) in [6, 6.07) is 9.84. The number of hydrogen-bond donors (Lipinski definition) is 1. The highest BCUT2D eigenvalue weighted by molar-refractivity contribution is 5.89. The van der Waals surface area contributed by atoms with E-state index >= 15 is 0 Å². The first-order valence-electron chi connectivity index (χ1n) is 6.75. The maximum absolute atomic E-state index is 13.3. The molecular weight excluding hydrogens is 271 g/mol. The van der Waals surface area contributed by atoms with Gasteiger partial charge in [-0.05, 0) is 37.1 Å². The lowest BCUT2D eigenvalue weighted by atomic mass is 10.3. The van der Waals surface area contributed by atoms with Gasteiger partial charge in [-0.2, -0.15) is 0 Å². The SMILES string of the molecule is Cc1ccc(NC(=O)CCCOc2ccccc2F)nc1. The zero-order chi connectivity index (χ0) is 15.1. The number of nitrogens with zero attached hydrogens (tertiary/aromatic N) is 1. The lowest BCUT2D eigenvalue weighted by Crippen LogP contribution is -2.13.